The summed E-state index contributed by atoms with van der Waals surface area (Å²) in [5, 5.41) is 2.26. The summed E-state index contributed by atoms with van der Waals surface area (Å²) >= 11 is 0. The zero-order chi connectivity index (χ0) is 14.9. The molecule has 0 radical (unpaired) electrons. The number of anilines is 2. The van der Waals surface area contributed by atoms with E-state index in [9.17, 15) is 26.3 Å². The Balaban J connectivity index is 2.25. The van der Waals surface area contributed by atoms with Crippen LogP contribution in [0.4, 0.5) is 37.8 Å². The third-order valence-electron chi connectivity index (χ3n) is 2.36. The first kappa shape index (κ1) is 14.2. The Morgan fingerprint density at radius 3 is 2.05 bits per heavy atom. The van der Waals surface area contributed by atoms with Gasteiger partial charge in [-0.15, -0.1) is 0 Å². The number of rotatable bonds is 2. The molecule has 0 aliphatic heterocycles. The predicted octanol–water partition coefficient (Wildman–Crippen LogP) is 4.26. The highest BCUT2D eigenvalue weighted by Gasteiger charge is 2.29. The number of halogens is 6. The minimum Gasteiger partial charge on any atom is -0.338 e. The molecule has 1 N–H and O–H groups in total. The molecule has 0 saturated heterocycles. The number of aromatic nitrogens is 1. The van der Waals surface area contributed by atoms with Crippen LogP contribution in [0.2, 0.25) is 0 Å². The molecule has 8 heteroatoms. The fourth-order valence-electron chi connectivity index (χ4n) is 1.41. The van der Waals surface area contributed by atoms with Crippen molar-refractivity contribution in [3.05, 3.63) is 53.5 Å². The van der Waals surface area contributed by atoms with Gasteiger partial charge in [-0.25, -0.2) is 8.78 Å². The minimum absolute atomic E-state index is 0.0513. The Morgan fingerprint density at radius 1 is 0.900 bits per heavy atom. The van der Waals surface area contributed by atoms with E-state index in [2.05, 4.69) is 10.3 Å². The molecule has 0 atom stereocenters. The van der Waals surface area contributed by atoms with Crippen LogP contribution >= 0.6 is 0 Å². The first-order chi connectivity index (χ1) is 9.27. The Hall–Kier alpha value is -2.25. The summed E-state index contributed by atoms with van der Waals surface area (Å²) in [6.07, 6.45) is -4.50. The lowest BCUT2D eigenvalue weighted by molar-refractivity contribution is -0.137. The summed E-state index contributed by atoms with van der Waals surface area (Å²) in [7, 11) is 0. The van der Waals surface area contributed by atoms with Gasteiger partial charge in [0.15, 0.2) is 17.5 Å². The summed E-state index contributed by atoms with van der Waals surface area (Å²) in [6.45, 7) is 0. The maximum atomic E-state index is 13.3. The standard InChI is InChI=1S/C12H6F6N2/c13-8-5-9(14)11(20-10(8)15)19-7-3-1-6(2-4-7)12(16,17)18/h1-5H,(H,19,20). The molecule has 0 saturated carbocycles. The molecule has 20 heavy (non-hydrogen) atoms. The van der Waals surface area contributed by atoms with E-state index in [4.69, 9.17) is 0 Å². The Bertz CT molecular complexity index is 621. The number of pyridine rings is 1. The van der Waals surface area contributed by atoms with E-state index in [1.54, 1.807) is 0 Å². The average molecular weight is 292 g/mol. The van der Waals surface area contributed by atoms with E-state index >= 15 is 0 Å². The van der Waals surface area contributed by atoms with Crippen LogP contribution < -0.4 is 5.32 Å². The molecule has 1 aromatic heterocycles. The lowest BCUT2D eigenvalue weighted by Crippen LogP contribution is -2.05. The predicted molar refractivity (Wildman–Crippen MR) is 58.8 cm³/mol. The van der Waals surface area contributed by atoms with Gasteiger partial charge in [-0.05, 0) is 24.3 Å². The molecular formula is C12H6F6N2. The van der Waals surface area contributed by atoms with Gasteiger partial charge in [-0.3, -0.25) is 0 Å². The third kappa shape index (κ3) is 3.01. The maximum absolute atomic E-state index is 13.3. The summed E-state index contributed by atoms with van der Waals surface area (Å²) in [5.74, 6) is -4.76. The summed E-state index contributed by atoms with van der Waals surface area (Å²) in [4.78, 5) is 2.99. The van der Waals surface area contributed by atoms with Gasteiger partial charge in [0.1, 0.15) is 0 Å². The van der Waals surface area contributed by atoms with E-state index in [0.717, 1.165) is 24.3 Å². The van der Waals surface area contributed by atoms with Crippen molar-refractivity contribution < 1.29 is 26.3 Å². The Labute approximate surface area is 109 Å². The molecule has 0 bridgehead atoms. The second kappa shape index (κ2) is 5.03. The van der Waals surface area contributed by atoms with Crippen LogP contribution in [0.5, 0.6) is 0 Å². The van der Waals surface area contributed by atoms with Gasteiger partial charge in [0.2, 0.25) is 0 Å². The zero-order valence-electron chi connectivity index (χ0n) is 9.60. The highest BCUT2D eigenvalue weighted by Crippen LogP contribution is 2.30. The number of nitrogens with one attached hydrogen (secondary N) is 1. The molecule has 0 spiro atoms. The van der Waals surface area contributed by atoms with Crippen molar-refractivity contribution in [2.75, 3.05) is 5.32 Å². The monoisotopic (exact) mass is 292 g/mol. The van der Waals surface area contributed by atoms with Crippen molar-refractivity contribution >= 4 is 11.5 Å². The first-order valence-corrected chi connectivity index (χ1v) is 5.23. The van der Waals surface area contributed by atoms with Crippen LogP contribution in [0, 0.1) is 17.6 Å². The summed E-state index contributed by atoms with van der Waals surface area (Å²) in [6, 6.07) is 3.85. The van der Waals surface area contributed by atoms with Crippen molar-refractivity contribution in [1.29, 1.82) is 0 Å². The van der Waals surface area contributed by atoms with E-state index in [-0.39, 0.29) is 11.8 Å². The van der Waals surface area contributed by atoms with Crippen LogP contribution in [0.1, 0.15) is 5.56 Å². The smallest absolute Gasteiger partial charge is 0.338 e. The molecule has 0 aliphatic rings. The molecule has 2 rings (SSSR count). The lowest BCUT2D eigenvalue weighted by Gasteiger charge is -2.09. The second-order valence-corrected chi connectivity index (χ2v) is 3.79. The van der Waals surface area contributed by atoms with Gasteiger partial charge in [0, 0.05) is 11.8 Å². The van der Waals surface area contributed by atoms with Gasteiger partial charge in [0.25, 0.3) is 5.95 Å². The highest BCUT2D eigenvalue weighted by molar-refractivity contribution is 5.57. The number of hydrogen-bond donors (Lipinski definition) is 1. The SMILES string of the molecule is Fc1cc(F)c(Nc2ccc(C(F)(F)F)cc2)nc1F. The molecule has 2 nitrogen and oxygen atoms in total. The van der Waals surface area contributed by atoms with E-state index in [0.29, 0.717) is 0 Å². The number of benzene rings is 1. The minimum atomic E-state index is -4.50. The van der Waals surface area contributed by atoms with Crippen molar-refractivity contribution in [1.82, 2.24) is 4.98 Å². The molecule has 1 heterocycles. The van der Waals surface area contributed by atoms with Gasteiger partial charge >= 0.3 is 6.18 Å². The fraction of sp³-hybridized carbons (Fsp3) is 0.0833. The Kier molecular flexibility index (Phi) is 3.56. The van der Waals surface area contributed by atoms with Gasteiger partial charge in [-0.2, -0.15) is 22.5 Å². The van der Waals surface area contributed by atoms with Gasteiger partial charge in [0.05, 0.1) is 5.56 Å². The molecule has 2 aromatic rings. The average Bonchev–Trinajstić information content (AvgIpc) is 2.35. The molecule has 0 unspecified atom stereocenters. The maximum Gasteiger partial charge on any atom is 0.416 e. The third-order valence-corrected chi connectivity index (χ3v) is 2.36. The van der Waals surface area contributed by atoms with Gasteiger partial charge in [-0.1, -0.05) is 0 Å². The van der Waals surface area contributed by atoms with Crippen molar-refractivity contribution in [3.63, 3.8) is 0 Å². The summed E-state index contributed by atoms with van der Waals surface area (Å²) < 4.78 is 75.7. The van der Waals surface area contributed by atoms with Crippen LogP contribution in [0.3, 0.4) is 0 Å². The van der Waals surface area contributed by atoms with E-state index in [1.807, 2.05) is 0 Å². The molecule has 0 amide bonds. The summed E-state index contributed by atoms with van der Waals surface area (Å²) in [5.41, 5.74) is -0.836. The van der Waals surface area contributed by atoms with Crippen LogP contribution in [0.25, 0.3) is 0 Å². The van der Waals surface area contributed by atoms with Crippen LogP contribution in [-0.4, -0.2) is 4.98 Å². The molecular weight excluding hydrogens is 286 g/mol. The lowest BCUT2D eigenvalue weighted by atomic mass is 10.2. The molecule has 0 fully saturated rings. The normalized spacial score (nSPS) is 11.5. The Morgan fingerprint density at radius 2 is 1.50 bits per heavy atom. The number of hydrogen-bond acceptors (Lipinski definition) is 2. The molecule has 0 aliphatic carbocycles. The van der Waals surface area contributed by atoms with Crippen molar-refractivity contribution in [3.8, 4) is 0 Å². The topological polar surface area (TPSA) is 24.9 Å². The van der Waals surface area contributed by atoms with E-state index < -0.39 is 35.1 Å². The highest BCUT2D eigenvalue weighted by atomic mass is 19.4. The number of alkyl halides is 3. The second-order valence-electron chi connectivity index (χ2n) is 3.79. The fourth-order valence-corrected chi connectivity index (χ4v) is 1.41. The molecule has 106 valence electrons. The molecule has 1 aromatic carbocycles. The number of nitrogens with zero attached hydrogens (tertiary/aromatic N) is 1. The van der Waals surface area contributed by atoms with Gasteiger partial charge < -0.3 is 5.32 Å². The zero-order valence-corrected chi connectivity index (χ0v) is 9.60. The van der Waals surface area contributed by atoms with Crippen LogP contribution in [-0.2, 0) is 6.18 Å². The van der Waals surface area contributed by atoms with Crippen molar-refractivity contribution in [2.45, 2.75) is 6.18 Å². The van der Waals surface area contributed by atoms with Crippen LogP contribution in [0.15, 0.2) is 30.3 Å². The van der Waals surface area contributed by atoms with Crippen molar-refractivity contribution in [2.24, 2.45) is 0 Å². The largest absolute Gasteiger partial charge is 0.416 e. The first-order valence-electron chi connectivity index (χ1n) is 5.23. The quantitative estimate of drug-likeness (QED) is 0.660. The van der Waals surface area contributed by atoms with E-state index in [1.165, 1.54) is 0 Å².